The third-order valence-electron chi connectivity index (χ3n) is 2.06. The summed E-state index contributed by atoms with van der Waals surface area (Å²) in [6.45, 7) is 2.90. The van der Waals surface area contributed by atoms with Gasteiger partial charge in [0.2, 0.25) is 0 Å². The van der Waals surface area contributed by atoms with Gasteiger partial charge in [0.1, 0.15) is 5.75 Å². The van der Waals surface area contributed by atoms with E-state index in [0.717, 1.165) is 12.3 Å². The first-order chi connectivity index (χ1) is 6.63. The third-order valence-corrected chi connectivity index (χ3v) is 2.06. The summed E-state index contributed by atoms with van der Waals surface area (Å²) in [4.78, 5) is 0. The molecule has 0 aliphatic rings. The summed E-state index contributed by atoms with van der Waals surface area (Å²) in [5.74, 6) is 0.943. The minimum absolute atomic E-state index is 0.845. The lowest BCUT2D eigenvalue weighted by Crippen LogP contribution is -2.29. The monoisotopic (exact) mass is 194 g/mol. The van der Waals surface area contributed by atoms with E-state index in [2.05, 4.69) is 24.5 Å². The van der Waals surface area contributed by atoms with Crippen LogP contribution in [0.5, 0.6) is 5.75 Å². The number of aryl methyl sites for hydroxylation is 1. The van der Waals surface area contributed by atoms with E-state index in [4.69, 9.17) is 4.74 Å². The van der Waals surface area contributed by atoms with Gasteiger partial charge in [0.15, 0.2) is 0 Å². The molecule has 14 heavy (non-hydrogen) atoms. The van der Waals surface area contributed by atoms with Crippen LogP contribution < -0.4 is 10.2 Å². The van der Waals surface area contributed by atoms with E-state index in [9.17, 15) is 0 Å². The summed E-state index contributed by atoms with van der Waals surface area (Å²) in [7, 11) is 5.66. The SMILES string of the molecule is COc1ccc(CNN(C)C)cc1C. The Morgan fingerprint density at radius 2 is 2.07 bits per heavy atom. The molecule has 3 heteroatoms. The van der Waals surface area contributed by atoms with Crippen LogP contribution in [0, 0.1) is 6.92 Å². The Hall–Kier alpha value is -1.06. The van der Waals surface area contributed by atoms with Crippen molar-refractivity contribution in [2.45, 2.75) is 13.5 Å². The Bertz CT molecular complexity index is 297. The Labute approximate surface area is 85.6 Å². The van der Waals surface area contributed by atoms with Crippen molar-refractivity contribution < 1.29 is 4.74 Å². The minimum atomic E-state index is 0.845. The molecular weight excluding hydrogens is 176 g/mol. The summed E-state index contributed by atoms with van der Waals surface area (Å²) in [6, 6.07) is 6.21. The van der Waals surface area contributed by atoms with Crippen molar-refractivity contribution in [1.82, 2.24) is 10.4 Å². The first kappa shape index (κ1) is 11.0. The number of hydrogen-bond donors (Lipinski definition) is 1. The Balaban J connectivity index is 2.66. The van der Waals surface area contributed by atoms with Gasteiger partial charge < -0.3 is 4.74 Å². The predicted octanol–water partition coefficient (Wildman–Crippen LogP) is 1.57. The average molecular weight is 194 g/mol. The van der Waals surface area contributed by atoms with Crippen molar-refractivity contribution in [3.8, 4) is 5.75 Å². The standard InChI is InChI=1S/C11H18N2O/c1-9-7-10(8-12-13(2)3)5-6-11(9)14-4/h5-7,12H,8H2,1-4H3. The van der Waals surface area contributed by atoms with E-state index in [-0.39, 0.29) is 0 Å². The van der Waals surface area contributed by atoms with E-state index < -0.39 is 0 Å². The molecule has 0 bridgehead atoms. The van der Waals surface area contributed by atoms with Gasteiger partial charge in [-0.25, -0.2) is 0 Å². The predicted molar refractivity (Wildman–Crippen MR) is 58.3 cm³/mol. The molecule has 1 aromatic carbocycles. The van der Waals surface area contributed by atoms with Gasteiger partial charge in [0.25, 0.3) is 0 Å². The maximum Gasteiger partial charge on any atom is 0.121 e. The lowest BCUT2D eigenvalue weighted by Gasteiger charge is -2.13. The summed E-state index contributed by atoms with van der Waals surface area (Å²) in [5.41, 5.74) is 5.65. The lowest BCUT2D eigenvalue weighted by molar-refractivity contribution is 0.286. The maximum atomic E-state index is 5.19. The number of methoxy groups -OCH3 is 1. The smallest absolute Gasteiger partial charge is 0.121 e. The Morgan fingerprint density at radius 1 is 1.36 bits per heavy atom. The zero-order valence-electron chi connectivity index (χ0n) is 9.29. The van der Waals surface area contributed by atoms with Crippen molar-refractivity contribution in [2.24, 2.45) is 0 Å². The summed E-state index contributed by atoms with van der Waals surface area (Å²) in [5, 5.41) is 1.94. The minimum Gasteiger partial charge on any atom is -0.496 e. The lowest BCUT2D eigenvalue weighted by atomic mass is 10.1. The molecule has 0 saturated carbocycles. The van der Waals surface area contributed by atoms with Crippen LogP contribution in [0.4, 0.5) is 0 Å². The van der Waals surface area contributed by atoms with Gasteiger partial charge in [-0.1, -0.05) is 12.1 Å². The van der Waals surface area contributed by atoms with E-state index in [1.165, 1.54) is 11.1 Å². The number of nitrogens with one attached hydrogen (secondary N) is 1. The number of nitrogens with zero attached hydrogens (tertiary/aromatic N) is 1. The van der Waals surface area contributed by atoms with E-state index in [1.807, 2.05) is 25.2 Å². The van der Waals surface area contributed by atoms with Crippen molar-refractivity contribution in [3.63, 3.8) is 0 Å². The highest BCUT2D eigenvalue weighted by atomic mass is 16.5. The zero-order chi connectivity index (χ0) is 10.6. The van der Waals surface area contributed by atoms with Gasteiger partial charge in [-0.15, -0.1) is 0 Å². The van der Waals surface area contributed by atoms with Gasteiger partial charge in [-0.3, -0.25) is 10.4 Å². The molecule has 0 radical (unpaired) electrons. The van der Waals surface area contributed by atoms with Crippen LogP contribution in [-0.4, -0.2) is 26.2 Å². The van der Waals surface area contributed by atoms with E-state index >= 15 is 0 Å². The second-order valence-corrected chi connectivity index (χ2v) is 3.53. The van der Waals surface area contributed by atoms with Crippen LogP contribution in [0.1, 0.15) is 11.1 Å². The topological polar surface area (TPSA) is 24.5 Å². The molecule has 78 valence electrons. The molecule has 0 aliphatic heterocycles. The largest absolute Gasteiger partial charge is 0.496 e. The summed E-state index contributed by atoms with van der Waals surface area (Å²) >= 11 is 0. The van der Waals surface area contributed by atoms with Gasteiger partial charge in [-0.2, -0.15) is 0 Å². The van der Waals surface area contributed by atoms with Gasteiger partial charge in [0.05, 0.1) is 7.11 Å². The highest BCUT2D eigenvalue weighted by Crippen LogP contribution is 2.18. The number of hydrogen-bond acceptors (Lipinski definition) is 3. The van der Waals surface area contributed by atoms with Crippen molar-refractivity contribution in [2.75, 3.05) is 21.2 Å². The van der Waals surface area contributed by atoms with Crippen molar-refractivity contribution in [1.29, 1.82) is 0 Å². The number of hydrazine groups is 1. The van der Waals surface area contributed by atoms with Crippen LogP contribution in [0.2, 0.25) is 0 Å². The molecule has 0 unspecified atom stereocenters. The molecule has 1 N–H and O–H groups in total. The molecule has 0 amide bonds. The first-order valence-electron chi connectivity index (χ1n) is 4.68. The second kappa shape index (κ2) is 4.98. The van der Waals surface area contributed by atoms with E-state index in [0.29, 0.717) is 0 Å². The first-order valence-corrected chi connectivity index (χ1v) is 4.68. The fourth-order valence-corrected chi connectivity index (χ4v) is 1.30. The summed E-state index contributed by atoms with van der Waals surface area (Å²) in [6.07, 6.45) is 0. The number of ether oxygens (including phenoxy) is 1. The van der Waals surface area contributed by atoms with Gasteiger partial charge >= 0.3 is 0 Å². The molecule has 0 fully saturated rings. The van der Waals surface area contributed by atoms with Gasteiger partial charge in [-0.05, 0) is 24.1 Å². The van der Waals surface area contributed by atoms with Crippen LogP contribution in [-0.2, 0) is 6.54 Å². The summed E-state index contributed by atoms with van der Waals surface area (Å²) < 4.78 is 5.19. The van der Waals surface area contributed by atoms with Crippen LogP contribution in [0.15, 0.2) is 18.2 Å². The number of rotatable bonds is 4. The molecule has 0 aromatic heterocycles. The van der Waals surface area contributed by atoms with Crippen LogP contribution in [0.25, 0.3) is 0 Å². The Morgan fingerprint density at radius 3 is 2.57 bits per heavy atom. The fraction of sp³-hybridized carbons (Fsp3) is 0.455. The zero-order valence-corrected chi connectivity index (χ0v) is 9.29. The molecule has 0 spiro atoms. The van der Waals surface area contributed by atoms with Crippen molar-refractivity contribution in [3.05, 3.63) is 29.3 Å². The maximum absolute atomic E-state index is 5.19. The quantitative estimate of drug-likeness (QED) is 0.736. The molecule has 1 rings (SSSR count). The van der Waals surface area contributed by atoms with Gasteiger partial charge in [0, 0.05) is 20.6 Å². The second-order valence-electron chi connectivity index (χ2n) is 3.53. The highest BCUT2D eigenvalue weighted by Gasteiger charge is 1.99. The van der Waals surface area contributed by atoms with E-state index in [1.54, 1.807) is 7.11 Å². The normalized spacial score (nSPS) is 10.6. The molecule has 0 aliphatic carbocycles. The van der Waals surface area contributed by atoms with Crippen molar-refractivity contribution >= 4 is 0 Å². The van der Waals surface area contributed by atoms with Crippen LogP contribution in [0.3, 0.4) is 0 Å². The third kappa shape index (κ3) is 3.01. The number of benzene rings is 1. The molecule has 0 heterocycles. The molecule has 1 aromatic rings. The molecule has 3 nitrogen and oxygen atoms in total. The molecule has 0 saturated heterocycles. The highest BCUT2D eigenvalue weighted by molar-refractivity contribution is 5.35. The molecular formula is C11H18N2O. The Kier molecular flexibility index (Phi) is 3.92. The van der Waals surface area contributed by atoms with Crippen LogP contribution >= 0.6 is 0 Å². The fourth-order valence-electron chi connectivity index (χ4n) is 1.30. The average Bonchev–Trinajstić information content (AvgIpc) is 2.15. The molecule has 0 atom stereocenters.